The molecule has 0 aliphatic rings. The SMILES string of the molecule is Oc1ccccc1-c1nc2c(-c3cc(-c4cc(-c5ccc(-c6ccccc6)cc5)ccn4)c4c(c3)c3ccccc3n4-c3ccccc3)cccc2n1-c1ccccc1. The van der Waals surface area contributed by atoms with Crippen molar-refractivity contribution < 1.29 is 5.11 Å². The van der Waals surface area contributed by atoms with Gasteiger partial charge in [0.15, 0.2) is 0 Å². The second kappa shape index (κ2) is 14.2. The maximum atomic E-state index is 11.1. The molecule has 278 valence electrons. The Balaban J connectivity index is 1.17. The van der Waals surface area contributed by atoms with Gasteiger partial charge in [0.2, 0.25) is 0 Å². The molecule has 0 saturated carbocycles. The lowest BCUT2D eigenvalue weighted by molar-refractivity contribution is 0.477. The largest absolute Gasteiger partial charge is 0.507 e. The summed E-state index contributed by atoms with van der Waals surface area (Å²) in [4.78, 5) is 10.5. The first-order valence-corrected chi connectivity index (χ1v) is 19.8. The van der Waals surface area contributed by atoms with Crippen LogP contribution in [0.3, 0.4) is 0 Å². The first kappa shape index (κ1) is 34.2. The highest BCUT2D eigenvalue weighted by Gasteiger charge is 2.23. The fourth-order valence-electron chi connectivity index (χ4n) is 8.55. The molecule has 8 aromatic carbocycles. The van der Waals surface area contributed by atoms with Crippen molar-refractivity contribution in [1.82, 2.24) is 19.1 Å². The van der Waals surface area contributed by atoms with Crippen molar-refractivity contribution in [3.05, 3.63) is 212 Å². The van der Waals surface area contributed by atoms with Crippen molar-refractivity contribution in [3.63, 3.8) is 0 Å². The Labute approximate surface area is 341 Å². The maximum absolute atomic E-state index is 11.1. The van der Waals surface area contributed by atoms with Crippen LogP contribution in [0.1, 0.15) is 0 Å². The fourth-order valence-corrected chi connectivity index (χ4v) is 8.55. The number of rotatable bonds is 7. The third-order valence-electron chi connectivity index (χ3n) is 11.3. The summed E-state index contributed by atoms with van der Waals surface area (Å²) < 4.78 is 4.51. The topological polar surface area (TPSA) is 55.9 Å². The van der Waals surface area contributed by atoms with E-state index in [0.717, 1.165) is 77.7 Å². The van der Waals surface area contributed by atoms with E-state index >= 15 is 0 Å². The van der Waals surface area contributed by atoms with E-state index in [1.54, 1.807) is 6.07 Å². The molecule has 0 aliphatic heterocycles. The molecule has 11 rings (SSSR count). The van der Waals surface area contributed by atoms with Gasteiger partial charge in [-0.1, -0.05) is 133 Å². The smallest absolute Gasteiger partial charge is 0.149 e. The number of nitrogens with zero attached hydrogens (tertiary/aromatic N) is 4. The number of aromatic hydroxyl groups is 1. The number of pyridine rings is 1. The highest BCUT2D eigenvalue weighted by Crippen LogP contribution is 2.44. The van der Waals surface area contributed by atoms with Gasteiger partial charge in [0.05, 0.1) is 33.3 Å². The molecule has 0 radical (unpaired) electrons. The number of aromatic nitrogens is 4. The Kier molecular flexibility index (Phi) is 8.23. The van der Waals surface area contributed by atoms with Crippen molar-refractivity contribution in [2.24, 2.45) is 0 Å². The lowest BCUT2D eigenvalue weighted by Gasteiger charge is -2.14. The highest BCUT2D eigenvalue weighted by atomic mass is 16.3. The van der Waals surface area contributed by atoms with Gasteiger partial charge >= 0.3 is 0 Å². The molecule has 11 aromatic rings. The zero-order valence-electron chi connectivity index (χ0n) is 31.9. The average molecular weight is 757 g/mol. The van der Waals surface area contributed by atoms with Crippen LogP contribution >= 0.6 is 0 Å². The van der Waals surface area contributed by atoms with E-state index in [4.69, 9.17) is 9.97 Å². The molecule has 0 aliphatic carbocycles. The van der Waals surface area contributed by atoms with E-state index in [0.29, 0.717) is 11.4 Å². The molecular weight excluding hydrogens is 721 g/mol. The number of fused-ring (bicyclic) bond motifs is 4. The minimum absolute atomic E-state index is 0.180. The molecule has 5 heteroatoms. The number of benzene rings is 8. The highest BCUT2D eigenvalue weighted by molar-refractivity contribution is 6.16. The summed E-state index contributed by atoms with van der Waals surface area (Å²) in [5.74, 6) is 0.853. The lowest BCUT2D eigenvalue weighted by atomic mass is 9.95. The molecule has 3 aromatic heterocycles. The Hall–Kier alpha value is -8.02. The second-order valence-corrected chi connectivity index (χ2v) is 14.8. The number of para-hydroxylation sites is 5. The Morgan fingerprint density at radius 1 is 0.390 bits per heavy atom. The standard InChI is InChI=1S/C54H36N4O/c59-51-26-13-11-22-45(51)54-56-52-43(23-14-25-50(52)58(54)42-19-8-3-9-20-42)40-33-46-44-21-10-12-24-49(44)57(41-17-6-2-7-18-41)53(46)47(34-40)48-35-39(31-32-55-48)38-29-27-37(28-30-38)36-15-4-1-5-16-36/h1-35,59H. The Morgan fingerprint density at radius 3 is 1.73 bits per heavy atom. The third-order valence-corrected chi connectivity index (χ3v) is 11.3. The first-order valence-electron chi connectivity index (χ1n) is 19.8. The molecule has 3 heterocycles. The van der Waals surface area contributed by atoms with Crippen molar-refractivity contribution >= 4 is 32.8 Å². The van der Waals surface area contributed by atoms with Crippen molar-refractivity contribution in [2.45, 2.75) is 0 Å². The zero-order valence-corrected chi connectivity index (χ0v) is 31.9. The molecule has 0 amide bonds. The summed E-state index contributed by atoms with van der Waals surface area (Å²) in [6.45, 7) is 0. The minimum Gasteiger partial charge on any atom is -0.507 e. The van der Waals surface area contributed by atoms with Crippen LogP contribution in [0.2, 0.25) is 0 Å². The fraction of sp³-hybridized carbons (Fsp3) is 0. The Bertz CT molecular complexity index is 3310. The zero-order chi connectivity index (χ0) is 39.3. The molecule has 0 spiro atoms. The van der Waals surface area contributed by atoms with Gasteiger partial charge in [-0.3, -0.25) is 9.55 Å². The van der Waals surface area contributed by atoms with E-state index in [1.807, 2.05) is 48.7 Å². The summed E-state index contributed by atoms with van der Waals surface area (Å²) >= 11 is 0. The number of hydrogen-bond donors (Lipinski definition) is 1. The summed E-state index contributed by atoms with van der Waals surface area (Å²) in [6.07, 6.45) is 1.92. The van der Waals surface area contributed by atoms with E-state index in [1.165, 1.54) is 11.1 Å². The first-order chi connectivity index (χ1) is 29.2. The van der Waals surface area contributed by atoms with Gasteiger partial charge in [-0.15, -0.1) is 0 Å². The average Bonchev–Trinajstić information content (AvgIpc) is 3.86. The van der Waals surface area contributed by atoms with Gasteiger partial charge in [0.25, 0.3) is 0 Å². The molecule has 0 atom stereocenters. The molecule has 59 heavy (non-hydrogen) atoms. The van der Waals surface area contributed by atoms with Gasteiger partial charge in [-0.05, 0) is 101 Å². The van der Waals surface area contributed by atoms with Crippen molar-refractivity contribution in [3.8, 4) is 73.2 Å². The second-order valence-electron chi connectivity index (χ2n) is 14.8. The predicted octanol–water partition coefficient (Wildman–Crippen LogP) is 13.6. The van der Waals surface area contributed by atoms with Crippen LogP contribution in [-0.4, -0.2) is 24.2 Å². The van der Waals surface area contributed by atoms with Crippen LogP contribution in [0.25, 0.3) is 100 Å². The summed E-state index contributed by atoms with van der Waals surface area (Å²) in [7, 11) is 0. The molecule has 5 nitrogen and oxygen atoms in total. The maximum Gasteiger partial charge on any atom is 0.149 e. The Morgan fingerprint density at radius 2 is 0.983 bits per heavy atom. The van der Waals surface area contributed by atoms with Gasteiger partial charge < -0.3 is 9.67 Å². The number of hydrogen-bond acceptors (Lipinski definition) is 3. The van der Waals surface area contributed by atoms with Crippen LogP contribution in [0.4, 0.5) is 0 Å². The third kappa shape index (κ3) is 5.87. The van der Waals surface area contributed by atoms with Crippen molar-refractivity contribution in [2.75, 3.05) is 0 Å². The van der Waals surface area contributed by atoms with Crippen LogP contribution in [0, 0.1) is 0 Å². The molecular formula is C54H36N4O. The lowest BCUT2D eigenvalue weighted by Crippen LogP contribution is -1.97. The molecule has 0 fully saturated rings. The van der Waals surface area contributed by atoms with Crippen LogP contribution < -0.4 is 0 Å². The molecule has 0 saturated heterocycles. The number of phenols is 1. The quantitative estimate of drug-likeness (QED) is 0.176. The van der Waals surface area contributed by atoms with Crippen LogP contribution in [0.5, 0.6) is 5.75 Å². The minimum atomic E-state index is 0.180. The van der Waals surface area contributed by atoms with Gasteiger partial charge in [0, 0.05) is 39.5 Å². The van der Waals surface area contributed by atoms with Crippen LogP contribution in [0.15, 0.2) is 212 Å². The normalized spacial score (nSPS) is 11.5. The van der Waals surface area contributed by atoms with E-state index in [2.05, 4.69) is 167 Å². The summed E-state index contributed by atoms with van der Waals surface area (Å²) in [5, 5.41) is 13.4. The number of phenolic OH excluding ortho intramolecular Hbond substituents is 1. The molecule has 0 unspecified atom stereocenters. The van der Waals surface area contributed by atoms with E-state index in [9.17, 15) is 5.11 Å². The number of imidazole rings is 1. The van der Waals surface area contributed by atoms with Gasteiger partial charge in [-0.2, -0.15) is 0 Å². The van der Waals surface area contributed by atoms with Crippen LogP contribution in [-0.2, 0) is 0 Å². The van der Waals surface area contributed by atoms with E-state index < -0.39 is 0 Å². The summed E-state index contributed by atoms with van der Waals surface area (Å²) in [6, 6.07) is 71.3. The molecule has 1 N–H and O–H groups in total. The van der Waals surface area contributed by atoms with E-state index in [-0.39, 0.29) is 5.75 Å². The van der Waals surface area contributed by atoms with Gasteiger partial charge in [0.1, 0.15) is 11.6 Å². The molecule has 0 bridgehead atoms. The monoisotopic (exact) mass is 756 g/mol. The predicted molar refractivity (Wildman–Crippen MR) is 242 cm³/mol. The summed E-state index contributed by atoms with van der Waals surface area (Å²) in [5.41, 5.74) is 15.2. The van der Waals surface area contributed by atoms with Crippen molar-refractivity contribution in [1.29, 1.82) is 0 Å². The van der Waals surface area contributed by atoms with Gasteiger partial charge in [-0.25, -0.2) is 4.98 Å².